The average Bonchev–Trinajstić information content (AvgIpc) is 2.34. The molecule has 0 spiro atoms. The lowest BCUT2D eigenvalue weighted by Crippen LogP contribution is -2.25. The highest BCUT2D eigenvalue weighted by Crippen LogP contribution is 2.32. The summed E-state index contributed by atoms with van der Waals surface area (Å²) in [7, 11) is 0. The maximum Gasteiger partial charge on any atom is 0.126 e. The minimum atomic E-state index is -1.17. The fourth-order valence-corrected chi connectivity index (χ4v) is 2.95. The van der Waals surface area contributed by atoms with Gasteiger partial charge < -0.3 is 5.11 Å². The molecule has 0 fully saturated rings. The summed E-state index contributed by atoms with van der Waals surface area (Å²) < 4.78 is 14.5. The van der Waals surface area contributed by atoms with Crippen LogP contribution < -0.4 is 0 Å². The standard InChI is InChI=1S/C15H13BrClFO/c1-15(19,12-4-2-3-5-13(12)16)9-10-8-11(17)6-7-14(10)18/h2-8,19H,9H2,1H3. The molecule has 2 aromatic carbocycles. The monoisotopic (exact) mass is 342 g/mol. The van der Waals surface area contributed by atoms with Crippen LogP contribution in [0.1, 0.15) is 18.1 Å². The zero-order valence-electron chi connectivity index (χ0n) is 10.3. The molecule has 1 unspecified atom stereocenters. The number of hydrogen-bond donors (Lipinski definition) is 1. The van der Waals surface area contributed by atoms with Crippen molar-refractivity contribution in [1.82, 2.24) is 0 Å². The third kappa shape index (κ3) is 3.35. The molecule has 0 aromatic heterocycles. The maximum absolute atomic E-state index is 13.7. The highest BCUT2D eigenvalue weighted by Gasteiger charge is 2.27. The Balaban J connectivity index is 2.36. The molecule has 0 radical (unpaired) electrons. The van der Waals surface area contributed by atoms with Crippen molar-refractivity contribution < 1.29 is 9.50 Å². The van der Waals surface area contributed by atoms with Gasteiger partial charge in [0.05, 0.1) is 5.60 Å². The molecule has 2 rings (SSSR count). The van der Waals surface area contributed by atoms with E-state index in [1.54, 1.807) is 13.0 Å². The first kappa shape index (κ1) is 14.5. The summed E-state index contributed by atoms with van der Waals surface area (Å²) in [6, 6.07) is 11.7. The molecule has 1 nitrogen and oxygen atoms in total. The molecule has 19 heavy (non-hydrogen) atoms. The predicted octanol–water partition coefficient (Wildman–Crippen LogP) is 4.69. The van der Waals surface area contributed by atoms with Gasteiger partial charge in [-0.15, -0.1) is 0 Å². The summed E-state index contributed by atoms with van der Waals surface area (Å²) >= 11 is 9.26. The Hall–Kier alpha value is -0.900. The van der Waals surface area contributed by atoms with Crippen molar-refractivity contribution in [3.63, 3.8) is 0 Å². The summed E-state index contributed by atoms with van der Waals surface area (Å²) in [5, 5.41) is 11.1. The van der Waals surface area contributed by atoms with Crippen molar-refractivity contribution in [2.45, 2.75) is 18.9 Å². The Morgan fingerprint density at radius 2 is 1.95 bits per heavy atom. The van der Waals surface area contributed by atoms with Gasteiger partial charge in [-0.25, -0.2) is 4.39 Å². The Morgan fingerprint density at radius 1 is 1.26 bits per heavy atom. The van der Waals surface area contributed by atoms with Crippen LogP contribution in [0.5, 0.6) is 0 Å². The van der Waals surface area contributed by atoms with Gasteiger partial charge >= 0.3 is 0 Å². The van der Waals surface area contributed by atoms with Crippen LogP contribution in [0.3, 0.4) is 0 Å². The van der Waals surface area contributed by atoms with E-state index in [1.165, 1.54) is 12.1 Å². The lowest BCUT2D eigenvalue weighted by atomic mass is 9.89. The first-order valence-electron chi connectivity index (χ1n) is 5.81. The van der Waals surface area contributed by atoms with Crippen LogP contribution in [0.2, 0.25) is 5.02 Å². The highest BCUT2D eigenvalue weighted by atomic mass is 79.9. The van der Waals surface area contributed by atoms with Crippen LogP contribution in [0, 0.1) is 5.82 Å². The molecule has 1 N–H and O–H groups in total. The molecule has 0 saturated carbocycles. The van der Waals surface area contributed by atoms with Gasteiger partial charge in [0.2, 0.25) is 0 Å². The maximum atomic E-state index is 13.7. The zero-order chi connectivity index (χ0) is 14.0. The zero-order valence-corrected chi connectivity index (χ0v) is 12.7. The molecule has 1 atom stereocenters. The van der Waals surface area contributed by atoms with Crippen LogP contribution in [0.25, 0.3) is 0 Å². The molecule has 0 bridgehead atoms. The van der Waals surface area contributed by atoms with Crippen molar-refractivity contribution in [3.8, 4) is 0 Å². The SMILES string of the molecule is CC(O)(Cc1cc(Cl)ccc1F)c1ccccc1Br. The molecule has 0 amide bonds. The number of halogens is 3. The van der Waals surface area contributed by atoms with Gasteiger partial charge in [0.25, 0.3) is 0 Å². The molecule has 0 aliphatic heterocycles. The molecule has 0 saturated heterocycles. The molecular formula is C15H13BrClFO. The third-order valence-electron chi connectivity index (χ3n) is 3.00. The second kappa shape index (κ2) is 5.61. The van der Waals surface area contributed by atoms with Gasteiger partial charge in [0.1, 0.15) is 5.82 Å². The minimum Gasteiger partial charge on any atom is -0.385 e. The fourth-order valence-electron chi connectivity index (χ4n) is 2.04. The van der Waals surface area contributed by atoms with Gasteiger partial charge in [-0.05, 0) is 42.3 Å². The second-order valence-corrected chi connectivity index (χ2v) is 5.96. The Labute approximate surface area is 125 Å². The molecule has 4 heteroatoms. The molecular weight excluding hydrogens is 331 g/mol. The van der Waals surface area contributed by atoms with Gasteiger partial charge in [-0.1, -0.05) is 45.7 Å². The normalized spacial score (nSPS) is 14.2. The van der Waals surface area contributed by atoms with E-state index in [4.69, 9.17) is 11.6 Å². The van der Waals surface area contributed by atoms with E-state index in [0.717, 1.165) is 10.0 Å². The Morgan fingerprint density at radius 3 is 2.63 bits per heavy atom. The lowest BCUT2D eigenvalue weighted by Gasteiger charge is -2.25. The van der Waals surface area contributed by atoms with Crippen LogP contribution in [-0.2, 0) is 12.0 Å². The summed E-state index contributed by atoms with van der Waals surface area (Å²) in [6.45, 7) is 1.66. The lowest BCUT2D eigenvalue weighted by molar-refractivity contribution is 0.0559. The molecule has 2 aromatic rings. The summed E-state index contributed by atoms with van der Waals surface area (Å²) in [4.78, 5) is 0. The van der Waals surface area contributed by atoms with E-state index in [0.29, 0.717) is 10.6 Å². The smallest absolute Gasteiger partial charge is 0.126 e. The summed E-state index contributed by atoms with van der Waals surface area (Å²) in [6.07, 6.45) is 0.155. The molecule has 0 aliphatic carbocycles. The first-order chi connectivity index (χ1) is 8.90. The number of hydrogen-bond acceptors (Lipinski definition) is 1. The van der Waals surface area contributed by atoms with Gasteiger partial charge in [-0.3, -0.25) is 0 Å². The van der Waals surface area contributed by atoms with E-state index < -0.39 is 5.60 Å². The Bertz CT molecular complexity index is 598. The van der Waals surface area contributed by atoms with Gasteiger partial charge in [0.15, 0.2) is 0 Å². The largest absolute Gasteiger partial charge is 0.385 e. The summed E-state index contributed by atoms with van der Waals surface area (Å²) in [5.41, 5.74) is -0.0614. The predicted molar refractivity (Wildman–Crippen MR) is 78.8 cm³/mol. The highest BCUT2D eigenvalue weighted by molar-refractivity contribution is 9.10. The molecule has 0 heterocycles. The number of aliphatic hydroxyl groups is 1. The van der Waals surface area contributed by atoms with Gasteiger partial charge in [0, 0.05) is 15.9 Å². The van der Waals surface area contributed by atoms with E-state index in [-0.39, 0.29) is 12.2 Å². The van der Waals surface area contributed by atoms with Crippen LogP contribution in [0.4, 0.5) is 4.39 Å². The van der Waals surface area contributed by atoms with E-state index in [9.17, 15) is 9.50 Å². The van der Waals surface area contributed by atoms with Crippen LogP contribution in [0.15, 0.2) is 46.9 Å². The van der Waals surface area contributed by atoms with E-state index >= 15 is 0 Å². The van der Waals surface area contributed by atoms with E-state index in [2.05, 4.69) is 15.9 Å². The summed E-state index contributed by atoms with van der Waals surface area (Å²) in [5.74, 6) is -0.364. The molecule has 100 valence electrons. The first-order valence-corrected chi connectivity index (χ1v) is 6.98. The Kier molecular flexibility index (Phi) is 4.29. The van der Waals surface area contributed by atoms with Crippen LogP contribution in [-0.4, -0.2) is 5.11 Å². The average molecular weight is 344 g/mol. The number of rotatable bonds is 3. The fraction of sp³-hybridized carbons (Fsp3) is 0.200. The van der Waals surface area contributed by atoms with Crippen molar-refractivity contribution in [3.05, 3.63) is 68.9 Å². The van der Waals surface area contributed by atoms with E-state index in [1.807, 2.05) is 24.3 Å². The topological polar surface area (TPSA) is 20.2 Å². The van der Waals surface area contributed by atoms with Crippen molar-refractivity contribution >= 4 is 27.5 Å². The molecule has 0 aliphatic rings. The third-order valence-corrected chi connectivity index (χ3v) is 3.92. The number of benzene rings is 2. The van der Waals surface area contributed by atoms with Crippen molar-refractivity contribution in [2.24, 2.45) is 0 Å². The second-order valence-electron chi connectivity index (χ2n) is 4.67. The van der Waals surface area contributed by atoms with Crippen LogP contribution >= 0.6 is 27.5 Å². The minimum absolute atomic E-state index is 0.155. The van der Waals surface area contributed by atoms with Gasteiger partial charge in [-0.2, -0.15) is 0 Å². The quantitative estimate of drug-likeness (QED) is 0.857. The van der Waals surface area contributed by atoms with Crippen molar-refractivity contribution in [1.29, 1.82) is 0 Å². The van der Waals surface area contributed by atoms with Crippen molar-refractivity contribution in [2.75, 3.05) is 0 Å².